The summed E-state index contributed by atoms with van der Waals surface area (Å²) in [5.74, 6) is -0.210. The van der Waals surface area contributed by atoms with Crippen LogP contribution in [0.3, 0.4) is 0 Å². The van der Waals surface area contributed by atoms with E-state index in [0.717, 1.165) is 35.6 Å². The van der Waals surface area contributed by atoms with Crippen LogP contribution in [-0.2, 0) is 10.0 Å². The second kappa shape index (κ2) is 10.0. The van der Waals surface area contributed by atoms with E-state index in [1.54, 1.807) is 0 Å². The summed E-state index contributed by atoms with van der Waals surface area (Å²) in [5.41, 5.74) is 1.15. The number of hydrogen-bond donors (Lipinski definition) is 2. The van der Waals surface area contributed by atoms with Crippen molar-refractivity contribution in [1.82, 2.24) is 5.32 Å². The van der Waals surface area contributed by atoms with E-state index in [1.807, 2.05) is 38.1 Å². The molecule has 1 atom stereocenters. The molecule has 168 valence electrons. The van der Waals surface area contributed by atoms with Gasteiger partial charge in [-0.2, -0.15) is 0 Å². The zero-order valence-corrected chi connectivity index (χ0v) is 19.0. The van der Waals surface area contributed by atoms with Crippen molar-refractivity contribution in [3.8, 4) is 5.75 Å². The number of amides is 1. The number of carbonyl (C=O) groups excluding carboxylic acids is 1. The summed E-state index contributed by atoms with van der Waals surface area (Å²) in [4.78, 5) is 12.6. The Bertz CT molecular complexity index is 1200. The van der Waals surface area contributed by atoms with E-state index in [1.165, 1.54) is 18.2 Å². The quantitative estimate of drug-likeness (QED) is 0.469. The van der Waals surface area contributed by atoms with E-state index < -0.39 is 21.7 Å². The number of ether oxygens (including phenoxy) is 1. The SMILES string of the molecule is CCOc1ccc(C(C)NC(=O)c2ccc(Cl)c(NS(=O)(=O)c3ccc(F)cc3)c2)cc1. The topological polar surface area (TPSA) is 84.5 Å². The molecule has 3 rings (SSSR count). The van der Waals surface area contributed by atoms with Gasteiger partial charge in [0.1, 0.15) is 11.6 Å². The third-order valence-corrected chi connectivity index (χ3v) is 6.35. The second-order valence-corrected chi connectivity index (χ2v) is 9.04. The molecule has 0 aliphatic heterocycles. The number of sulfonamides is 1. The molecule has 3 aromatic carbocycles. The van der Waals surface area contributed by atoms with Gasteiger partial charge in [-0.05, 0) is 74.0 Å². The third kappa shape index (κ3) is 5.77. The Hall–Kier alpha value is -3.10. The van der Waals surface area contributed by atoms with E-state index in [0.29, 0.717) is 6.61 Å². The van der Waals surface area contributed by atoms with Crippen molar-refractivity contribution in [2.24, 2.45) is 0 Å². The van der Waals surface area contributed by atoms with Gasteiger partial charge in [0.15, 0.2) is 0 Å². The van der Waals surface area contributed by atoms with Gasteiger partial charge in [-0.15, -0.1) is 0 Å². The number of carbonyl (C=O) groups is 1. The van der Waals surface area contributed by atoms with E-state index in [4.69, 9.17) is 16.3 Å². The van der Waals surface area contributed by atoms with Crippen molar-refractivity contribution in [3.05, 3.63) is 88.7 Å². The Balaban J connectivity index is 1.75. The smallest absolute Gasteiger partial charge is 0.261 e. The fourth-order valence-electron chi connectivity index (χ4n) is 2.94. The van der Waals surface area contributed by atoms with Crippen LogP contribution in [0.4, 0.5) is 10.1 Å². The highest BCUT2D eigenvalue weighted by atomic mass is 35.5. The molecule has 0 aliphatic carbocycles. The minimum atomic E-state index is -4.01. The summed E-state index contributed by atoms with van der Waals surface area (Å²) in [6, 6.07) is 15.7. The van der Waals surface area contributed by atoms with Gasteiger partial charge in [0, 0.05) is 5.56 Å². The van der Waals surface area contributed by atoms with Crippen molar-refractivity contribution in [1.29, 1.82) is 0 Å². The highest BCUT2D eigenvalue weighted by Gasteiger charge is 2.18. The van der Waals surface area contributed by atoms with Gasteiger partial charge in [-0.25, -0.2) is 12.8 Å². The Kier molecular flexibility index (Phi) is 7.37. The van der Waals surface area contributed by atoms with Gasteiger partial charge in [0.25, 0.3) is 15.9 Å². The van der Waals surface area contributed by atoms with Crippen molar-refractivity contribution in [2.45, 2.75) is 24.8 Å². The van der Waals surface area contributed by atoms with Crippen molar-refractivity contribution < 1.29 is 22.3 Å². The van der Waals surface area contributed by atoms with Crippen LogP contribution in [0.2, 0.25) is 5.02 Å². The number of nitrogens with one attached hydrogen (secondary N) is 2. The van der Waals surface area contributed by atoms with Crippen molar-refractivity contribution >= 4 is 33.2 Å². The van der Waals surface area contributed by atoms with Crippen molar-refractivity contribution in [3.63, 3.8) is 0 Å². The standard InChI is InChI=1S/C23H22ClFN2O4S/c1-3-31-19-9-4-16(5-10-19)15(2)26-23(28)17-6-13-21(24)22(14-17)27-32(29,30)20-11-7-18(25)8-12-20/h4-15,27H,3H2,1-2H3,(H,26,28). The molecular weight excluding hydrogens is 455 g/mol. The molecule has 0 radical (unpaired) electrons. The summed E-state index contributed by atoms with van der Waals surface area (Å²) >= 11 is 6.13. The van der Waals surface area contributed by atoms with Gasteiger partial charge in [0.2, 0.25) is 0 Å². The normalized spacial score (nSPS) is 12.1. The first-order valence-corrected chi connectivity index (χ1v) is 11.7. The fraction of sp³-hybridized carbons (Fsp3) is 0.174. The minimum Gasteiger partial charge on any atom is -0.494 e. The van der Waals surface area contributed by atoms with Gasteiger partial charge >= 0.3 is 0 Å². The maximum Gasteiger partial charge on any atom is 0.261 e. The van der Waals surface area contributed by atoms with Crippen molar-refractivity contribution in [2.75, 3.05) is 11.3 Å². The lowest BCUT2D eigenvalue weighted by molar-refractivity contribution is 0.0940. The molecule has 0 saturated carbocycles. The molecule has 0 spiro atoms. The van der Waals surface area contributed by atoms with Crippen LogP contribution in [0.25, 0.3) is 0 Å². The Morgan fingerprint density at radius 2 is 1.72 bits per heavy atom. The molecule has 3 aromatic rings. The zero-order valence-electron chi connectivity index (χ0n) is 17.4. The Labute approximate surface area is 191 Å². The van der Waals surface area contributed by atoms with E-state index in [2.05, 4.69) is 10.0 Å². The molecule has 32 heavy (non-hydrogen) atoms. The summed E-state index contributed by atoms with van der Waals surface area (Å²) in [7, 11) is -4.01. The minimum absolute atomic E-state index is 0.0392. The van der Waals surface area contributed by atoms with Crippen LogP contribution in [0.15, 0.2) is 71.6 Å². The maximum atomic E-state index is 13.1. The monoisotopic (exact) mass is 476 g/mol. The summed E-state index contributed by atoms with van der Waals surface area (Å²) in [6.45, 7) is 4.30. The number of halogens is 2. The molecule has 0 heterocycles. The van der Waals surface area contributed by atoms with Crippen LogP contribution in [0.5, 0.6) is 5.75 Å². The number of rotatable bonds is 8. The molecule has 0 fully saturated rings. The average molecular weight is 477 g/mol. The predicted molar refractivity (Wildman–Crippen MR) is 122 cm³/mol. The molecule has 9 heteroatoms. The summed E-state index contributed by atoms with van der Waals surface area (Å²) in [5, 5.41) is 2.99. The third-order valence-electron chi connectivity index (χ3n) is 4.64. The summed E-state index contributed by atoms with van der Waals surface area (Å²) < 4.78 is 46.0. The van der Waals surface area contributed by atoms with E-state index in [9.17, 15) is 17.6 Å². The van der Waals surface area contributed by atoms with E-state index >= 15 is 0 Å². The predicted octanol–water partition coefficient (Wildman–Crippen LogP) is 5.17. The first-order chi connectivity index (χ1) is 15.2. The number of benzene rings is 3. The lowest BCUT2D eigenvalue weighted by Crippen LogP contribution is -2.26. The van der Waals surface area contributed by atoms with Crippen LogP contribution < -0.4 is 14.8 Å². The van der Waals surface area contributed by atoms with E-state index in [-0.39, 0.29) is 27.2 Å². The number of anilines is 1. The van der Waals surface area contributed by atoms with Crippen LogP contribution in [0, 0.1) is 5.82 Å². The zero-order chi connectivity index (χ0) is 23.3. The van der Waals surface area contributed by atoms with Crippen LogP contribution in [0.1, 0.15) is 35.8 Å². The molecule has 1 unspecified atom stereocenters. The molecule has 0 saturated heterocycles. The first kappa shape index (κ1) is 23.6. The van der Waals surface area contributed by atoms with Gasteiger partial charge < -0.3 is 10.1 Å². The number of hydrogen-bond acceptors (Lipinski definition) is 4. The Morgan fingerprint density at radius 3 is 2.34 bits per heavy atom. The average Bonchev–Trinajstić information content (AvgIpc) is 2.76. The molecule has 2 N–H and O–H groups in total. The maximum absolute atomic E-state index is 13.1. The Morgan fingerprint density at radius 1 is 1.06 bits per heavy atom. The van der Waals surface area contributed by atoms with Gasteiger partial charge in [-0.1, -0.05) is 23.7 Å². The molecule has 0 aliphatic rings. The van der Waals surface area contributed by atoms with Gasteiger partial charge in [0.05, 0.1) is 28.3 Å². The molecule has 0 aromatic heterocycles. The van der Waals surface area contributed by atoms with Crippen LogP contribution in [-0.4, -0.2) is 20.9 Å². The first-order valence-electron chi connectivity index (χ1n) is 9.81. The highest BCUT2D eigenvalue weighted by Crippen LogP contribution is 2.26. The van der Waals surface area contributed by atoms with Gasteiger partial charge in [-0.3, -0.25) is 9.52 Å². The molecule has 1 amide bonds. The largest absolute Gasteiger partial charge is 0.494 e. The highest BCUT2D eigenvalue weighted by molar-refractivity contribution is 7.92. The lowest BCUT2D eigenvalue weighted by atomic mass is 10.1. The molecule has 0 bridgehead atoms. The molecular formula is C23H22ClFN2O4S. The fourth-order valence-corrected chi connectivity index (χ4v) is 4.24. The van der Waals surface area contributed by atoms with Crippen LogP contribution >= 0.6 is 11.6 Å². The summed E-state index contributed by atoms with van der Waals surface area (Å²) in [6.07, 6.45) is 0. The lowest BCUT2D eigenvalue weighted by Gasteiger charge is -2.16. The molecule has 6 nitrogen and oxygen atoms in total. The second-order valence-electron chi connectivity index (χ2n) is 6.95.